The molecule has 10 nitrogen and oxygen atoms in total. The van der Waals surface area contributed by atoms with Crippen LogP contribution in [0.15, 0.2) is 29.3 Å². The molecule has 2 aliphatic rings. The van der Waals surface area contributed by atoms with Gasteiger partial charge in [-0.2, -0.15) is 4.31 Å². The number of hydrogen-bond acceptors (Lipinski definition) is 7. The number of likely N-dealkylation sites (N-methyl/N-ethyl adjacent to an activating group) is 1. The number of halogens is 2. The third-order valence-electron chi connectivity index (χ3n) is 6.40. The van der Waals surface area contributed by atoms with Crippen LogP contribution >= 0.6 is 35.3 Å². The third-order valence-corrected chi connectivity index (χ3v) is 9.51. The van der Waals surface area contributed by atoms with E-state index in [0.29, 0.717) is 27.5 Å². The van der Waals surface area contributed by atoms with E-state index in [1.807, 2.05) is 0 Å². The summed E-state index contributed by atoms with van der Waals surface area (Å²) in [5, 5.41) is 7.42. The van der Waals surface area contributed by atoms with Gasteiger partial charge in [0, 0.05) is 66.5 Å². The van der Waals surface area contributed by atoms with Crippen LogP contribution in [0.3, 0.4) is 0 Å². The lowest BCUT2D eigenvalue weighted by atomic mass is 10.1. The predicted octanol–water partition coefficient (Wildman–Crippen LogP) is 2.00. The smallest absolute Gasteiger partial charge is 0.283 e. The Bertz CT molecular complexity index is 1420. The first kappa shape index (κ1) is 26.8. The zero-order valence-corrected chi connectivity index (χ0v) is 22.8. The first-order valence-electron chi connectivity index (χ1n) is 11.2. The Labute approximate surface area is 223 Å². The van der Waals surface area contributed by atoms with E-state index in [2.05, 4.69) is 27.5 Å². The summed E-state index contributed by atoms with van der Waals surface area (Å²) in [4.78, 5) is 36.1. The molecule has 2 atom stereocenters. The fourth-order valence-corrected chi connectivity index (χ4v) is 7.12. The number of nitrogens with one attached hydrogen (secondary N) is 3. The first-order valence-corrected chi connectivity index (χ1v) is 13.8. The Morgan fingerprint density at radius 2 is 2.03 bits per heavy atom. The highest BCUT2D eigenvalue weighted by Crippen LogP contribution is 2.28. The van der Waals surface area contributed by atoms with Crippen molar-refractivity contribution in [2.45, 2.75) is 37.0 Å². The molecule has 3 aromatic rings. The second-order valence-electron chi connectivity index (χ2n) is 8.73. The predicted molar refractivity (Wildman–Crippen MR) is 140 cm³/mol. The molecule has 5 rings (SSSR count). The molecule has 0 aliphatic carbocycles. The molecule has 14 heteroatoms. The van der Waals surface area contributed by atoms with Gasteiger partial charge in [0.15, 0.2) is 5.01 Å². The highest BCUT2D eigenvalue weighted by Gasteiger charge is 2.41. The van der Waals surface area contributed by atoms with Crippen LogP contribution < -0.4 is 10.6 Å². The fourth-order valence-electron chi connectivity index (χ4n) is 4.49. The van der Waals surface area contributed by atoms with Crippen LogP contribution in [-0.2, 0) is 27.8 Å². The maximum absolute atomic E-state index is 13.4. The van der Waals surface area contributed by atoms with Crippen molar-refractivity contribution in [1.29, 1.82) is 0 Å². The molecule has 4 heterocycles. The van der Waals surface area contributed by atoms with Crippen LogP contribution in [0, 0.1) is 0 Å². The number of aromatic amines is 1. The van der Waals surface area contributed by atoms with E-state index in [9.17, 15) is 18.0 Å². The molecule has 2 unspecified atom stereocenters. The second kappa shape index (κ2) is 10.3. The van der Waals surface area contributed by atoms with Crippen molar-refractivity contribution in [3.8, 4) is 0 Å². The van der Waals surface area contributed by atoms with E-state index in [0.717, 1.165) is 17.0 Å². The van der Waals surface area contributed by atoms with Crippen molar-refractivity contribution in [2.24, 2.45) is 0 Å². The van der Waals surface area contributed by atoms with Gasteiger partial charge in [-0.05, 0) is 31.2 Å². The monoisotopic (exact) mass is 572 g/mol. The van der Waals surface area contributed by atoms with Crippen LogP contribution in [0.4, 0.5) is 0 Å². The lowest BCUT2D eigenvalue weighted by Gasteiger charge is -2.39. The molecule has 0 radical (unpaired) electrons. The summed E-state index contributed by atoms with van der Waals surface area (Å²) in [6, 6.07) is 5.90. The quantitative estimate of drug-likeness (QED) is 0.438. The lowest BCUT2D eigenvalue weighted by Crippen LogP contribution is -2.61. The third kappa shape index (κ3) is 4.85. The molecular formula is C22H26Cl2N6O4S2. The molecule has 36 heavy (non-hydrogen) atoms. The molecule has 2 amide bonds. The Kier molecular flexibility index (Phi) is 7.65. The molecule has 0 bridgehead atoms. The summed E-state index contributed by atoms with van der Waals surface area (Å²) >= 11 is 7.36. The Morgan fingerprint density at radius 3 is 2.78 bits per heavy atom. The summed E-state index contributed by atoms with van der Waals surface area (Å²) in [5.74, 6) is -0.791. The Hall–Kier alpha value is -2.22. The Morgan fingerprint density at radius 1 is 1.25 bits per heavy atom. The molecule has 0 spiro atoms. The summed E-state index contributed by atoms with van der Waals surface area (Å²) < 4.78 is 28.1. The van der Waals surface area contributed by atoms with Gasteiger partial charge in [0.1, 0.15) is 11.1 Å². The Balaban J connectivity index is 0.00000304. The van der Waals surface area contributed by atoms with E-state index < -0.39 is 22.0 Å². The number of aromatic nitrogens is 2. The first-order chi connectivity index (χ1) is 16.7. The molecular weight excluding hydrogens is 547 g/mol. The van der Waals surface area contributed by atoms with Crippen LogP contribution in [0.25, 0.3) is 10.9 Å². The van der Waals surface area contributed by atoms with Crippen LogP contribution in [-0.4, -0.2) is 78.2 Å². The van der Waals surface area contributed by atoms with Crippen LogP contribution in [0.2, 0.25) is 5.02 Å². The standard InChI is InChI=1S/C22H25ClN6O4S2.ClH/c1-12-7-16-18(10-25-12)34-21(27-16)22(31)29-6-5-28(11-17(29)20(30)24-2)35(32,33)19-9-13-8-14(23)3-4-15(13)26-19;/h3-4,8-9,12,17,25-26H,5-7,10-11H2,1-2H3,(H,24,30);1H. The van der Waals surface area contributed by atoms with Crippen molar-refractivity contribution >= 4 is 68.1 Å². The number of carbonyl (C=O) groups is 2. The number of sulfonamides is 1. The second-order valence-corrected chi connectivity index (χ2v) is 12.2. The van der Waals surface area contributed by atoms with Crippen LogP contribution in [0.5, 0.6) is 0 Å². The van der Waals surface area contributed by atoms with Gasteiger partial charge >= 0.3 is 0 Å². The molecule has 2 aromatic heterocycles. The van der Waals surface area contributed by atoms with Crippen molar-refractivity contribution in [1.82, 2.24) is 29.8 Å². The average Bonchev–Trinajstić information content (AvgIpc) is 3.46. The highest BCUT2D eigenvalue weighted by atomic mass is 35.5. The van der Waals surface area contributed by atoms with Gasteiger partial charge in [-0.3, -0.25) is 9.59 Å². The molecule has 2 aliphatic heterocycles. The number of thiazole rings is 1. The van der Waals surface area contributed by atoms with E-state index in [-0.39, 0.29) is 49.0 Å². The fraction of sp³-hybridized carbons (Fsp3) is 0.409. The molecule has 3 N–H and O–H groups in total. The summed E-state index contributed by atoms with van der Waals surface area (Å²) in [7, 11) is -2.47. The van der Waals surface area contributed by atoms with Gasteiger partial charge in [-0.15, -0.1) is 23.7 Å². The molecule has 1 fully saturated rings. The van der Waals surface area contributed by atoms with E-state index in [1.54, 1.807) is 18.2 Å². The number of fused-ring (bicyclic) bond motifs is 2. The zero-order valence-electron chi connectivity index (χ0n) is 19.6. The number of hydrogen-bond donors (Lipinski definition) is 3. The van der Waals surface area contributed by atoms with Gasteiger partial charge in [-0.25, -0.2) is 13.4 Å². The SMILES string of the molecule is CNC(=O)C1CN(S(=O)(=O)c2cc3cc(Cl)ccc3[nH]2)CCN1C(=O)c1nc2c(s1)CNC(C)C2.Cl. The maximum Gasteiger partial charge on any atom is 0.283 e. The minimum atomic E-state index is -3.94. The van der Waals surface area contributed by atoms with Gasteiger partial charge in [0.25, 0.3) is 15.9 Å². The number of nitrogens with zero attached hydrogens (tertiary/aromatic N) is 3. The molecule has 0 saturated carbocycles. The van der Waals surface area contributed by atoms with Crippen molar-refractivity contribution in [3.63, 3.8) is 0 Å². The average molecular weight is 574 g/mol. The van der Waals surface area contributed by atoms with Gasteiger partial charge in [0.05, 0.1) is 5.69 Å². The largest absolute Gasteiger partial charge is 0.357 e. The number of H-pyrrole nitrogens is 1. The van der Waals surface area contributed by atoms with Crippen molar-refractivity contribution in [2.75, 3.05) is 26.7 Å². The minimum absolute atomic E-state index is 0. The number of carbonyl (C=O) groups excluding carboxylic acids is 2. The topological polar surface area (TPSA) is 128 Å². The number of benzene rings is 1. The number of amides is 2. The summed E-state index contributed by atoms with van der Waals surface area (Å²) in [6.45, 7) is 2.69. The summed E-state index contributed by atoms with van der Waals surface area (Å²) in [6.07, 6.45) is 0.736. The normalized spacial score (nSPS) is 20.6. The number of piperazine rings is 1. The van der Waals surface area contributed by atoms with Gasteiger partial charge in [-0.1, -0.05) is 11.6 Å². The van der Waals surface area contributed by atoms with E-state index in [1.165, 1.54) is 33.7 Å². The molecule has 1 aromatic carbocycles. The van der Waals surface area contributed by atoms with Gasteiger partial charge < -0.3 is 20.5 Å². The zero-order chi connectivity index (χ0) is 24.9. The maximum atomic E-state index is 13.4. The van der Waals surface area contributed by atoms with Gasteiger partial charge in [0.2, 0.25) is 5.91 Å². The molecule has 194 valence electrons. The van der Waals surface area contributed by atoms with E-state index >= 15 is 0 Å². The minimum Gasteiger partial charge on any atom is -0.357 e. The lowest BCUT2D eigenvalue weighted by molar-refractivity contribution is -0.126. The summed E-state index contributed by atoms with van der Waals surface area (Å²) in [5.41, 5.74) is 1.54. The van der Waals surface area contributed by atoms with E-state index in [4.69, 9.17) is 11.6 Å². The van der Waals surface area contributed by atoms with Crippen molar-refractivity contribution in [3.05, 3.63) is 44.9 Å². The number of rotatable bonds is 4. The van der Waals surface area contributed by atoms with Crippen LogP contribution in [0.1, 0.15) is 27.3 Å². The van der Waals surface area contributed by atoms with Crippen molar-refractivity contribution < 1.29 is 18.0 Å². The highest BCUT2D eigenvalue weighted by molar-refractivity contribution is 7.89. The molecule has 1 saturated heterocycles.